The van der Waals surface area contributed by atoms with E-state index in [1.807, 2.05) is 6.92 Å². The van der Waals surface area contributed by atoms with E-state index in [0.717, 1.165) is 22.3 Å². The van der Waals surface area contributed by atoms with Crippen molar-refractivity contribution in [3.8, 4) is 10.4 Å². The van der Waals surface area contributed by atoms with Gasteiger partial charge in [-0.15, -0.1) is 0 Å². The molecular weight excluding hydrogens is 446 g/mol. The van der Waals surface area contributed by atoms with E-state index in [1.165, 1.54) is 23.5 Å². The quantitative estimate of drug-likeness (QED) is 0.509. The third kappa shape index (κ3) is 4.81. The van der Waals surface area contributed by atoms with Gasteiger partial charge in [0.05, 0.1) is 27.1 Å². The molecule has 0 saturated heterocycles. The topological polar surface area (TPSA) is 108 Å². The molecule has 0 atom stereocenters. The highest BCUT2D eigenvalue weighted by Gasteiger charge is 2.17. The third-order valence-corrected chi connectivity index (χ3v) is 7.17. The molecule has 0 aliphatic rings. The van der Waals surface area contributed by atoms with Crippen molar-refractivity contribution in [3.05, 3.63) is 58.2 Å². The first-order valence-corrected chi connectivity index (χ1v) is 11.9. The van der Waals surface area contributed by atoms with Gasteiger partial charge in [-0.25, -0.2) is 18.2 Å². The predicted molar refractivity (Wildman–Crippen MR) is 120 cm³/mol. The summed E-state index contributed by atoms with van der Waals surface area (Å²) in [5, 5.41) is 15.3. The van der Waals surface area contributed by atoms with E-state index in [4.69, 9.17) is 11.6 Å². The maximum atomic E-state index is 12.4. The Bertz CT molecular complexity index is 1220. The summed E-state index contributed by atoms with van der Waals surface area (Å²) in [6.07, 6.45) is 1.10. The van der Waals surface area contributed by atoms with E-state index >= 15 is 0 Å². The van der Waals surface area contributed by atoms with E-state index in [9.17, 15) is 18.3 Å². The minimum absolute atomic E-state index is 0.0426. The number of aliphatic hydroxyl groups is 1. The Balaban J connectivity index is 1.83. The van der Waals surface area contributed by atoms with Gasteiger partial charge in [0.2, 0.25) is 0 Å². The lowest BCUT2D eigenvalue weighted by molar-refractivity contribution is 0.262. The van der Waals surface area contributed by atoms with Crippen molar-refractivity contribution in [3.63, 3.8) is 0 Å². The van der Waals surface area contributed by atoms with Gasteiger partial charge in [0, 0.05) is 11.9 Å². The minimum atomic E-state index is -3.48. The fourth-order valence-electron chi connectivity index (χ4n) is 2.89. The highest BCUT2D eigenvalue weighted by Crippen LogP contribution is 2.35. The summed E-state index contributed by atoms with van der Waals surface area (Å²) in [7, 11) is -3.48. The van der Waals surface area contributed by atoms with Crippen LogP contribution < -0.4 is 10.6 Å². The van der Waals surface area contributed by atoms with Gasteiger partial charge < -0.3 is 10.4 Å². The maximum absolute atomic E-state index is 12.4. The van der Waals surface area contributed by atoms with Gasteiger partial charge in [-0.1, -0.05) is 41.1 Å². The van der Waals surface area contributed by atoms with Gasteiger partial charge in [0.1, 0.15) is 0 Å². The summed E-state index contributed by atoms with van der Waals surface area (Å²) in [6, 6.07) is 9.56. The number of thiazole rings is 1. The van der Waals surface area contributed by atoms with Crippen LogP contribution >= 0.6 is 22.9 Å². The molecule has 10 heteroatoms. The molecule has 1 aromatic heterocycles. The van der Waals surface area contributed by atoms with Crippen molar-refractivity contribution in [1.82, 2.24) is 4.98 Å². The first-order valence-electron chi connectivity index (χ1n) is 8.85. The highest BCUT2D eigenvalue weighted by atomic mass is 35.5. The maximum Gasteiger partial charge on any atom is 0.325 e. The molecule has 3 aromatic rings. The SMILES string of the molecule is Cc1nc(NC(=O)Nc2cccc(CO)c2C)sc1-c1ccc(Cl)c(S(C)(=O)=O)c1. The number of hydrogen-bond acceptors (Lipinski definition) is 6. The van der Waals surface area contributed by atoms with Crippen LogP contribution in [0.4, 0.5) is 15.6 Å². The number of hydrogen-bond donors (Lipinski definition) is 3. The monoisotopic (exact) mass is 465 g/mol. The molecule has 3 rings (SSSR count). The Morgan fingerprint density at radius 3 is 2.60 bits per heavy atom. The average Bonchev–Trinajstić information content (AvgIpc) is 3.03. The number of aryl methyl sites for hydroxylation is 1. The lowest BCUT2D eigenvalue weighted by Crippen LogP contribution is -2.20. The van der Waals surface area contributed by atoms with Crippen LogP contribution in [0.1, 0.15) is 16.8 Å². The molecule has 2 amide bonds. The molecule has 0 bridgehead atoms. The van der Waals surface area contributed by atoms with Gasteiger partial charge in [0.25, 0.3) is 0 Å². The van der Waals surface area contributed by atoms with Crippen LogP contribution in [0, 0.1) is 13.8 Å². The van der Waals surface area contributed by atoms with Gasteiger partial charge in [-0.2, -0.15) is 0 Å². The number of sulfone groups is 1. The first-order chi connectivity index (χ1) is 14.1. The molecule has 0 aliphatic carbocycles. The summed E-state index contributed by atoms with van der Waals surface area (Å²) in [5.74, 6) is 0. The van der Waals surface area contributed by atoms with E-state index in [0.29, 0.717) is 22.1 Å². The highest BCUT2D eigenvalue weighted by molar-refractivity contribution is 7.90. The second-order valence-electron chi connectivity index (χ2n) is 6.68. The normalized spacial score (nSPS) is 11.4. The Kier molecular flexibility index (Phi) is 6.47. The second-order valence-corrected chi connectivity index (χ2v) is 10.1. The summed E-state index contributed by atoms with van der Waals surface area (Å²) in [6.45, 7) is 3.47. The number of anilines is 2. The van der Waals surface area contributed by atoms with Gasteiger partial charge in [0.15, 0.2) is 15.0 Å². The third-order valence-electron chi connectivity index (χ3n) is 4.47. The molecule has 1 heterocycles. The number of urea groups is 1. The number of aromatic nitrogens is 1. The molecule has 3 N–H and O–H groups in total. The van der Waals surface area contributed by atoms with Crippen LogP contribution in [0.5, 0.6) is 0 Å². The molecule has 7 nitrogen and oxygen atoms in total. The van der Waals surface area contributed by atoms with Crippen LogP contribution in [0.15, 0.2) is 41.3 Å². The molecule has 0 saturated carbocycles. The average molecular weight is 466 g/mol. The van der Waals surface area contributed by atoms with E-state index in [-0.39, 0.29) is 16.5 Å². The van der Waals surface area contributed by atoms with Crippen LogP contribution in [0.2, 0.25) is 5.02 Å². The zero-order chi connectivity index (χ0) is 22.1. The number of rotatable bonds is 5. The molecule has 158 valence electrons. The standard InChI is InChI=1S/C20H20ClN3O4S2/c1-11-14(10-25)5-4-6-16(11)23-19(26)24-20-22-12(2)18(29-20)13-7-8-15(21)17(9-13)30(3,27)28/h4-9,25H,10H2,1-3H3,(H2,22,23,24,26). The number of benzene rings is 2. The molecular formula is C20H20ClN3O4S2. The van der Waals surface area contributed by atoms with Crippen LogP contribution in [0.25, 0.3) is 10.4 Å². The number of aliphatic hydroxyl groups excluding tert-OH is 1. The zero-order valence-corrected chi connectivity index (χ0v) is 18.9. The van der Waals surface area contributed by atoms with Crippen LogP contribution in [-0.4, -0.2) is 30.8 Å². The van der Waals surface area contributed by atoms with Crippen LogP contribution in [0.3, 0.4) is 0 Å². The molecule has 0 aliphatic heterocycles. The molecule has 0 unspecified atom stereocenters. The zero-order valence-electron chi connectivity index (χ0n) is 16.5. The Labute approximate surface area is 183 Å². The van der Waals surface area contributed by atoms with Crippen molar-refractivity contribution < 1.29 is 18.3 Å². The van der Waals surface area contributed by atoms with Crippen molar-refractivity contribution in [2.24, 2.45) is 0 Å². The second kappa shape index (κ2) is 8.73. The summed E-state index contributed by atoms with van der Waals surface area (Å²) < 4.78 is 23.9. The number of amides is 2. The molecule has 0 fully saturated rings. The Morgan fingerprint density at radius 2 is 1.93 bits per heavy atom. The fraction of sp³-hybridized carbons (Fsp3) is 0.200. The molecule has 0 spiro atoms. The number of nitrogens with zero attached hydrogens (tertiary/aromatic N) is 1. The van der Waals surface area contributed by atoms with Crippen molar-refractivity contribution in [2.75, 3.05) is 16.9 Å². The van der Waals surface area contributed by atoms with Gasteiger partial charge >= 0.3 is 6.03 Å². The number of carbonyl (C=O) groups excluding carboxylic acids is 1. The number of halogens is 1. The Hall–Kier alpha value is -2.46. The smallest absolute Gasteiger partial charge is 0.325 e. The minimum Gasteiger partial charge on any atom is -0.392 e. The lowest BCUT2D eigenvalue weighted by atomic mass is 10.1. The Morgan fingerprint density at radius 1 is 1.20 bits per heavy atom. The molecule has 30 heavy (non-hydrogen) atoms. The fourth-order valence-corrected chi connectivity index (χ4v) is 5.15. The van der Waals surface area contributed by atoms with Crippen LogP contribution in [-0.2, 0) is 16.4 Å². The first kappa shape index (κ1) is 22.2. The lowest BCUT2D eigenvalue weighted by Gasteiger charge is -2.11. The summed E-state index contributed by atoms with van der Waals surface area (Å²) in [5.41, 5.74) is 3.39. The van der Waals surface area contributed by atoms with E-state index < -0.39 is 15.9 Å². The van der Waals surface area contributed by atoms with E-state index in [2.05, 4.69) is 15.6 Å². The van der Waals surface area contributed by atoms with Gasteiger partial charge in [-0.05, 0) is 48.7 Å². The van der Waals surface area contributed by atoms with Gasteiger partial charge in [-0.3, -0.25) is 5.32 Å². The largest absolute Gasteiger partial charge is 0.392 e. The summed E-state index contributed by atoms with van der Waals surface area (Å²) in [4.78, 5) is 17.5. The number of nitrogens with one attached hydrogen (secondary N) is 2. The summed E-state index contributed by atoms with van der Waals surface area (Å²) >= 11 is 7.25. The van der Waals surface area contributed by atoms with Crippen molar-refractivity contribution >= 4 is 49.6 Å². The van der Waals surface area contributed by atoms with Crippen molar-refractivity contribution in [2.45, 2.75) is 25.3 Å². The predicted octanol–water partition coefficient (Wildman–Crippen LogP) is 4.62. The molecule has 2 aromatic carbocycles. The molecule has 0 radical (unpaired) electrons. The van der Waals surface area contributed by atoms with E-state index in [1.54, 1.807) is 31.2 Å². The van der Waals surface area contributed by atoms with Crippen molar-refractivity contribution in [1.29, 1.82) is 0 Å². The number of carbonyl (C=O) groups is 1.